The van der Waals surface area contributed by atoms with Crippen LogP contribution in [0.25, 0.3) is 22.7 Å². The molecule has 0 N–H and O–H groups in total. The van der Waals surface area contributed by atoms with Crippen LogP contribution in [0.1, 0.15) is 274 Å². The minimum atomic E-state index is 0.208. The zero-order valence-electron chi connectivity index (χ0n) is 72.9. The first-order valence-electron chi connectivity index (χ1n) is 44.4. The van der Waals surface area contributed by atoms with Gasteiger partial charge in [0.2, 0.25) is 0 Å². The summed E-state index contributed by atoms with van der Waals surface area (Å²) in [4.78, 5) is 29.9. The summed E-state index contributed by atoms with van der Waals surface area (Å²) in [6, 6.07) is 27.3. The predicted octanol–water partition coefficient (Wildman–Crippen LogP) is 22.9. The quantitative estimate of drug-likeness (QED) is 0.0672. The van der Waals surface area contributed by atoms with E-state index in [1.54, 1.807) is 25.3 Å². The van der Waals surface area contributed by atoms with Crippen molar-refractivity contribution >= 4 is 0 Å². The van der Waals surface area contributed by atoms with Gasteiger partial charge in [0, 0.05) is 6.04 Å². The van der Waals surface area contributed by atoms with Crippen molar-refractivity contribution < 1.29 is 0 Å². The van der Waals surface area contributed by atoms with Gasteiger partial charge in [0.25, 0.3) is 0 Å². The molecule has 9 atom stereocenters. The third-order valence-electron chi connectivity index (χ3n) is 27.1. The number of rotatable bonds is 20. The monoisotopic (exact) mass is 1560 g/mol. The summed E-state index contributed by atoms with van der Waals surface area (Å²) in [7, 11) is 0. The fraction of sp³-hybridized carbons (Fsp3) is 0.520. The van der Waals surface area contributed by atoms with Crippen LogP contribution >= 0.6 is 0 Å². The minimum Gasteiger partial charge on any atom is -0.290 e. The minimum absolute atomic E-state index is 0.208. The van der Waals surface area contributed by atoms with Crippen molar-refractivity contribution in [3.05, 3.63) is 261 Å². The Morgan fingerprint density at radius 3 is 0.767 bits per heavy atom. The lowest BCUT2D eigenvalue weighted by atomic mass is 9.82. The molecule has 0 bridgehead atoms. The van der Waals surface area contributed by atoms with Crippen LogP contribution in [0.15, 0.2) is 193 Å². The molecule has 0 radical (unpaired) electrons. The first kappa shape index (κ1) is 85.1. The van der Waals surface area contributed by atoms with Gasteiger partial charge in [-0.15, -0.1) is 0 Å². The Labute approximate surface area is 695 Å². The molecule has 8 heterocycles. The van der Waals surface area contributed by atoms with Crippen molar-refractivity contribution in [2.75, 3.05) is 45.8 Å². The third-order valence-corrected chi connectivity index (χ3v) is 27.1. The second-order valence-electron chi connectivity index (χ2n) is 35.6. The lowest BCUT2D eigenvalue weighted by Crippen LogP contribution is -2.37. The van der Waals surface area contributed by atoms with Crippen LogP contribution in [0, 0.1) is 79.1 Å². The average molecular weight is 1560 g/mol. The molecule has 616 valence electrons. The summed E-state index contributed by atoms with van der Waals surface area (Å²) in [5.41, 5.74) is 26.0. The predicted molar refractivity (Wildman–Crippen MR) is 477 cm³/mol. The Morgan fingerprint density at radius 1 is 0.310 bits per heavy atom. The first-order valence-corrected chi connectivity index (χ1v) is 44.4. The molecule has 4 fully saturated rings. The molecule has 5 unspecified atom stereocenters. The van der Waals surface area contributed by atoms with Gasteiger partial charge in [0.1, 0.15) is 25.3 Å². The SMILES string of the molecule is C=C(C)[C@@H]1CC=C(C(c2ncnn2-c2c(C)cccc2C)N2CCCC2)CC1.C=C(C)[C@@H]1CC=C(C(c2ncnn2-c2c(C)cccc2C)N2CCCC2C)CC1.C=C(C)[C@@H]1CC=C(C(c2ncnn2-c2c(C)cccc2C)N2CCCCC2)CC1.C=C(C)[C@@H]1CC=C(C(c2ncnn2-c2c(C)cccc2C)N2CCCCCC2)CC1. The number of hydrogen-bond donors (Lipinski definition) is 0. The first-order chi connectivity index (χ1) is 56.1. The summed E-state index contributed by atoms with van der Waals surface area (Å²) in [5, 5.41) is 18.8. The highest BCUT2D eigenvalue weighted by Gasteiger charge is 2.39. The summed E-state index contributed by atoms with van der Waals surface area (Å²) in [5.74, 6) is 6.77. The van der Waals surface area contributed by atoms with E-state index < -0.39 is 0 Å². The molecule has 4 aromatic heterocycles. The summed E-state index contributed by atoms with van der Waals surface area (Å²) < 4.78 is 8.42. The van der Waals surface area contributed by atoms with Crippen molar-refractivity contribution in [3.8, 4) is 22.7 Å². The van der Waals surface area contributed by atoms with Gasteiger partial charge in [-0.2, -0.15) is 20.4 Å². The van der Waals surface area contributed by atoms with Gasteiger partial charge in [-0.3, -0.25) is 19.6 Å². The largest absolute Gasteiger partial charge is 0.290 e. The molecule has 0 saturated carbocycles. The average Bonchev–Trinajstić information content (AvgIpc) is 1.59. The van der Waals surface area contributed by atoms with E-state index >= 15 is 0 Å². The van der Waals surface area contributed by atoms with Gasteiger partial charge in [-0.25, -0.2) is 38.7 Å². The van der Waals surface area contributed by atoms with Crippen LogP contribution in [0.2, 0.25) is 0 Å². The molecular formula is C100H136N16. The molecule has 16 heteroatoms. The Balaban J connectivity index is 0.000000135. The van der Waals surface area contributed by atoms with Crippen molar-refractivity contribution in [1.29, 1.82) is 0 Å². The molecular weight excluding hydrogens is 1430 g/mol. The molecule has 4 aliphatic carbocycles. The number of allylic oxidation sites excluding steroid dienone is 8. The van der Waals surface area contributed by atoms with Gasteiger partial charge in [-0.05, 0) is 355 Å². The fourth-order valence-corrected chi connectivity index (χ4v) is 20.3. The number of nitrogens with zero attached hydrogens (tertiary/aromatic N) is 16. The Hall–Kier alpha value is -8.80. The van der Waals surface area contributed by atoms with Gasteiger partial charge >= 0.3 is 0 Å². The van der Waals surface area contributed by atoms with Crippen molar-refractivity contribution in [2.24, 2.45) is 23.7 Å². The lowest BCUT2D eigenvalue weighted by Gasteiger charge is -2.37. The van der Waals surface area contributed by atoms with Crippen LogP contribution < -0.4 is 0 Å². The smallest absolute Gasteiger partial charge is 0.153 e. The van der Waals surface area contributed by atoms with Crippen molar-refractivity contribution in [2.45, 2.75) is 268 Å². The van der Waals surface area contributed by atoms with Crippen LogP contribution in [-0.2, 0) is 0 Å². The van der Waals surface area contributed by atoms with E-state index in [2.05, 4.69) is 257 Å². The summed E-state index contributed by atoms with van der Waals surface area (Å²) in [6.45, 7) is 53.2. The highest BCUT2D eigenvalue weighted by atomic mass is 15.4. The van der Waals surface area contributed by atoms with E-state index in [1.165, 1.54) is 208 Å². The van der Waals surface area contributed by atoms with Crippen molar-refractivity contribution in [3.63, 3.8) is 0 Å². The molecule has 0 spiro atoms. The van der Waals surface area contributed by atoms with Crippen LogP contribution in [0.3, 0.4) is 0 Å². The van der Waals surface area contributed by atoms with Gasteiger partial charge in [0.15, 0.2) is 23.3 Å². The number of aromatic nitrogens is 12. The highest BCUT2D eigenvalue weighted by Crippen LogP contribution is 2.46. The standard InChI is InChI=1S/C26H36N4.2C25H34N4.C24H32N4/c1-19(2)22-12-14-23(15-13-22)25(29-16-7-5-6-8-17-29)26-27-18-28-30(26)24-20(3)10-9-11-21(24)4;1-17(2)21-11-13-22(14-12-21)24(28-15-7-10-20(28)5)25-26-16-27-29(25)23-18(3)8-6-9-19(23)4;1-18(2)21-11-13-22(14-12-21)24(28-15-6-5-7-16-28)25-26-17-27-29(25)23-19(3)9-8-10-20(23)4;1-17(2)20-10-12-21(13-11-20)23(27-14-5-6-15-27)24-25-16-26-28(24)22-18(3)8-7-9-19(22)4/h9-11,14,18,22,25H,1,5-8,12-13,15-17H2,2-4H3;6,8-9,13,16,20-21,24H,1,7,10-12,14-15H2,2-5H3;8-10,13,17,21,24H,1,5-7,11-12,14-16H2,2-4H3;7-9,12,16,20,23H,1,5-6,10-11,13-15H2,2-4H3/t22-,25?;20?,21-,24?;21-,24?;20-,23?/m1111/s1. The number of piperidine rings is 1. The van der Waals surface area contributed by atoms with E-state index in [0.717, 1.165) is 120 Å². The van der Waals surface area contributed by atoms with Crippen molar-refractivity contribution in [1.82, 2.24) is 78.7 Å². The van der Waals surface area contributed by atoms with Crippen LogP contribution in [0.4, 0.5) is 0 Å². The third kappa shape index (κ3) is 19.6. The zero-order valence-corrected chi connectivity index (χ0v) is 72.9. The Kier molecular flexibility index (Phi) is 29.1. The Morgan fingerprint density at radius 2 is 0.543 bits per heavy atom. The van der Waals surface area contributed by atoms with Gasteiger partial charge < -0.3 is 0 Å². The van der Waals surface area contributed by atoms with Gasteiger partial charge in [0.05, 0.1) is 46.9 Å². The molecule has 16 rings (SSSR count). The maximum Gasteiger partial charge on any atom is 0.153 e. The van der Waals surface area contributed by atoms with Crippen LogP contribution in [-0.4, -0.2) is 131 Å². The van der Waals surface area contributed by atoms with E-state index in [-0.39, 0.29) is 24.2 Å². The lowest BCUT2D eigenvalue weighted by molar-refractivity contribution is 0.172. The highest BCUT2D eigenvalue weighted by molar-refractivity contribution is 5.51. The van der Waals surface area contributed by atoms with E-state index in [0.29, 0.717) is 29.7 Å². The zero-order chi connectivity index (χ0) is 81.7. The summed E-state index contributed by atoms with van der Waals surface area (Å²) >= 11 is 0. The number of likely N-dealkylation sites (tertiary alicyclic amines) is 4. The van der Waals surface area contributed by atoms with E-state index in [4.69, 9.17) is 35.2 Å². The number of para-hydroxylation sites is 4. The number of benzene rings is 4. The second-order valence-corrected chi connectivity index (χ2v) is 35.6. The molecule has 8 aliphatic rings. The van der Waals surface area contributed by atoms with Gasteiger partial charge in [-0.1, -0.05) is 165 Å². The molecule has 8 aromatic rings. The maximum absolute atomic E-state index is 4.86. The summed E-state index contributed by atoms with van der Waals surface area (Å²) in [6.07, 6.45) is 44.7. The fourth-order valence-electron chi connectivity index (χ4n) is 20.3. The maximum atomic E-state index is 4.86. The molecule has 4 aliphatic heterocycles. The Bertz CT molecular complexity index is 4750. The normalized spacial score (nSPS) is 22.2. The molecule has 4 saturated heterocycles. The van der Waals surface area contributed by atoms with E-state index in [1.807, 2.05) is 0 Å². The number of aryl methyl sites for hydroxylation is 8. The molecule has 16 nitrogen and oxygen atoms in total. The molecule has 116 heavy (non-hydrogen) atoms. The number of hydrogen-bond acceptors (Lipinski definition) is 12. The topological polar surface area (TPSA) is 136 Å². The second kappa shape index (κ2) is 39.6. The molecule has 0 amide bonds. The van der Waals surface area contributed by atoms with E-state index in [9.17, 15) is 0 Å². The molecule has 4 aromatic carbocycles. The van der Waals surface area contributed by atoms with Crippen LogP contribution in [0.5, 0.6) is 0 Å².